The van der Waals surface area contributed by atoms with Gasteiger partial charge >= 0.3 is 0 Å². The van der Waals surface area contributed by atoms with Crippen molar-refractivity contribution in [1.82, 2.24) is 14.5 Å². The summed E-state index contributed by atoms with van der Waals surface area (Å²) in [5.41, 5.74) is 2.22. The molecule has 0 aliphatic carbocycles. The number of aromatic nitrogens is 2. The number of pyridine rings is 1. The van der Waals surface area contributed by atoms with Crippen molar-refractivity contribution in [1.29, 1.82) is 0 Å². The first-order chi connectivity index (χ1) is 10.3. The van der Waals surface area contributed by atoms with Gasteiger partial charge in [-0.1, -0.05) is 12.2 Å². The Labute approximate surface area is 126 Å². The molecule has 0 N–H and O–H groups in total. The number of hydrogen-bond acceptors (Lipinski definition) is 3. The second-order valence-corrected chi connectivity index (χ2v) is 4.70. The van der Waals surface area contributed by atoms with Crippen molar-refractivity contribution < 1.29 is 4.74 Å². The quantitative estimate of drug-likeness (QED) is 0.698. The molecule has 0 spiro atoms. The molecule has 0 saturated carbocycles. The minimum Gasteiger partial charge on any atom is -0.481 e. The van der Waals surface area contributed by atoms with Gasteiger partial charge in [-0.25, -0.2) is 4.98 Å². The number of hydrogen-bond donors (Lipinski definition) is 0. The van der Waals surface area contributed by atoms with Crippen molar-refractivity contribution in [3.63, 3.8) is 0 Å². The second-order valence-electron chi connectivity index (χ2n) is 4.70. The number of nitrogens with zero attached hydrogens (tertiary/aromatic N) is 3. The van der Waals surface area contributed by atoms with Crippen molar-refractivity contribution in [2.45, 2.75) is 6.54 Å². The lowest BCUT2D eigenvalue weighted by atomic mass is 10.3. The van der Waals surface area contributed by atoms with Crippen LogP contribution in [0.5, 0.6) is 5.88 Å². The fourth-order valence-corrected chi connectivity index (χ4v) is 2.23. The molecule has 0 aliphatic heterocycles. The van der Waals surface area contributed by atoms with Crippen LogP contribution in [0.1, 0.15) is 5.69 Å². The molecule has 0 amide bonds. The monoisotopic (exact) mass is 283 g/mol. The topological polar surface area (TPSA) is 30.3 Å². The zero-order chi connectivity index (χ0) is 15.1. The van der Waals surface area contributed by atoms with Crippen LogP contribution in [0.2, 0.25) is 0 Å². The van der Waals surface area contributed by atoms with E-state index in [2.05, 4.69) is 33.7 Å². The van der Waals surface area contributed by atoms with Gasteiger partial charge in [-0.2, -0.15) is 0 Å². The van der Waals surface area contributed by atoms with Gasteiger partial charge in [0.05, 0.1) is 19.0 Å². The third kappa shape index (κ3) is 3.83. The largest absolute Gasteiger partial charge is 0.481 e. The van der Waals surface area contributed by atoms with Crippen molar-refractivity contribution in [2.24, 2.45) is 0 Å². The Hall–Kier alpha value is -2.33. The van der Waals surface area contributed by atoms with E-state index in [1.54, 1.807) is 7.11 Å². The Morgan fingerprint density at radius 3 is 2.57 bits per heavy atom. The molecule has 21 heavy (non-hydrogen) atoms. The van der Waals surface area contributed by atoms with Crippen molar-refractivity contribution in [3.8, 4) is 11.6 Å². The highest BCUT2D eigenvalue weighted by atomic mass is 16.5. The van der Waals surface area contributed by atoms with Gasteiger partial charge in [-0.05, 0) is 18.2 Å². The Balaban J connectivity index is 2.20. The Morgan fingerprint density at radius 1 is 1.24 bits per heavy atom. The van der Waals surface area contributed by atoms with E-state index in [1.807, 2.05) is 42.7 Å². The van der Waals surface area contributed by atoms with Crippen LogP contribution in [0.3, 0.4) is 0 Å². The van der Waals surface area contributed by atoms with Crippen molar-refractivity contribution in [3.05, 3.63) is 67.7 Å². The predicted molar refractivity (Wildman–Crippen MR) is 85.8 cm³/mol. The van der Waals surface area contributed by atoms with E-state index in [4.69, 9.17) is 4.74 Å². The predicted octanol–water partition coefficient (Wildman–Crippen LogP) is 3.05. The SMILES string of the molecule is C=CCN(CC=C)Cc1cccn1-c1ccc(OC)nc1. The minimum absolute atomic E-state index is 0.618. The van der Waals surface area contributed by atoms with Crippen LogP contribution < -0.4 is 4.74 Å². The highest BCUT2D eigenvalue weighted by molar-refractivity contribution is 5.34. The van der Waals surface area contributed by atoms with Gasteiger partial charge in [0.25, 0.3) is 0 Å². The standard InChI is InChI=1S/C17H21N3O/c1-4-10-19(11-5-2)14-16-7-6-12-20(16)15-8-9-17(21-3)18-13-15/h4-9,12-13H,1-2,10-11,14H2,3H3. The molecule has 2 rings (SSSR count). The molecule has 0 saturated heterocycles. The van der Waals surface area contributed by atoms with Gasteiger partial charge in [0.15, 0.2) is 0 Å². The van der Waals surface area contributed by atoms with Crippen LogP contribution in [-0.4, -0.2) is 34.7 Å². The van der Waals surface area contributed by atoms with E-state index in [0.29, 0.717) is 5.88 Å². The average molecular weight is 283 g/mol. The first-order valence-electron chi connectivity index (χ1n) is 6.89. The number of ether oxygens (including phenoxy) is 1. The smallest absolute Gasteiger partial charge is 0.213 e. The van der Waals surface area contributed by atoms with E-state index in [9.17, 15) is 0 Å². The van der Waals surface area contributed by atoms with E-state index in [0.717, 1.165) is 25.3 Å². The molecule has 0 aromatic carbocycles. The second kappa shape index (κ2) is 7.45. The summed E-state index contributed by atoms with van der Waals surface area (Å²) in [6.07, 6.45) is 7.67. The third-order valence-corrected chi connectivity index (χ3v) is 3.20. The zero-order valence-electron chi connectivity index (χ0n) is 12.4. The molecule has 110 valence electrons. The van der Waals surface area contributed by atoms with Gasteiger partial charge < -0.3 is 9.30 Å². The van der Waals surface area contributed by atoms with Crippen LogP contribution >= 0.6 is 0 Å². The van der Waals surface area contributed by atoms with E-state index in [1.165, 1.54) is 5.69 Å². The third-order valence-electron chi connectivity index (χ3n) is 3.20. The fourth-order valence-electron chi connectivity index (χ4n) is 2.23. The lowest BCUT2D eigenvalue weighted by Gasteiger charge is -2.20. The summed E-state index contributed by atoms with van der Waals surface area (Å²) in [6.45, 7) is 10.1. The highest BCUT2D eigenvalue weighted by Gasteiger charge is 2.08. The molecular formula is C17H21N3O. The molecule has 0 aliphatic rings. The molecule has 2 aromatic heterocycles. The zero-order valence-corrected chi connectivity index (χ0v) is 12.4. The van der Waals surface area contributed by atoms with Gasteiger partial charge in [-0.15, -0.1) is 13.2 Å². The number of methoxy groups -OCH3 is 1. The average Bonchev–Trinajstić information content (AvgIpc) is 2.96. The summed E-state index contributed by atoms with van der Waals surface area (Å²) in [7, 11) is 1.62. The Kier molecular flexibility index (Phi) is 5.35. The summed E-state index contributed by atoms with van der Waals surface area (Å²) < 4.78 is 7.23. The van der Waals surface area contributed by atoms with Gasteiger partial charge in [-0.3, -0.25) is 4.90 Å². The molecule has 0 bridgehead atoms. The lowest BCUT2D eigenvalue weighted by molar-refractivity contribution is 0.321. The summed E-state index contributed by atoms with van der Waals surface area (Å²) in [5.74, 6) is 0.618. The molecule has 0 unspecified atom stereocenters. The molecule has 2 heterocycles. The van der Waals surface area contributed by atoms with Crippen molar-refractivity contribution in [2.75, 3.05) is 20.2 Å². The van der Waals surface area contributed by atoms with Gasteiger partial charge in [0, 0.05) is 37.6 Å². The maximum Gasteiger partial charge on any atom is 0.213 e. The number of rotatable bonds is 8. The van der Waals surface area contributed by atoms with Crippen LogP contribution in [0, 0.1) is 0 Å². The van der Waals surface area contributed by atoms with Crippen LogP contribution in [0.15, 0.2) is 62.0 Å². The van der Waals surface area contributed by atoms with Crippen LogP contribution in [0.25, 0.3) is 5.69 Å². The molecular weight excluding hydrogens is 262 g/mol. The van der Waals surface area contributed by atoms with Gasteiger partial charge in [0.1, 0.15) is 0 Å². The summed E-state index contributed by atoms with van der Waals surface area (Å²) in [4.78, 5) is 6.52. The lowest BCUT2D eigenvalue weighted by Crippen LogP contribution is -2.24. The van der Waals surface area contributed by atoms with E-state index < -0.39 is 0 Å². The molecule has 0 radical (unpaired) electrons. The maximum atomic E-state index is 5.09. The molecule has 0 atom stereocenters. The van der Waals surface area contributed by atoms with E-state index in [-0.39, 0.29) is 0 Å². The van der Waals surface area contributed by atoms with Crippen molar-refractivity contribution >= 4 is 0 Å². The highest BCUT2D eigenvalue weighted by Crippen LogP contribution is 2.16. The minimum atomic E-state index is 0.618. The fraction of sp³-hybridized carbons (Fsp3) is 0.235. The Morgan fingerprint density at radius 2 is 2.00 bits per heavy atom. The van der Waals surface area contributed by atoms with Crippen LogP contribution in [-0.2, 0) is 6.54 Å². The molecule has 0 fully saturated rings. The van der Waals surface area contributed by atoms with Crippen LogP contribution in [0.4, 0.5) is 0 Å². The summed E-state index contributed by atoms with van der Waals surface area (Å²) in [6, 6.07) is 8.02. The molecule has 4 heteroatoms. The summed E-state index contributed by atoms with van der Waals surface area (Å²) in [5, 5.41) is 0. The summed E-state index contributed by atoms with van der Waals surface area (Å²) >= 11 is 0. The van der Waals surface area contributed by atoms with Gasteiger partial charge in [0.2, 0.25) is 5.88 Å². The molecule has 2 aromatic rings. The first kappa shape index (κ1) is 15.1. The molecule has 4 nitrogen and oxygen atoms in total. The Bertz CT molecular complexity index is 576. The van der Waals surface area contributed by atoms with E-state index >= 15 is 0 Å². The maximum absolute atomic E-state index is 5.09. The first-order valence-corrected chi connectivity index (χ1v) is 6.89. The normalized spacial score (nSPS) is 10.6.